The van der Waals surface area contributed by atoms with Crippen LogP contribution in [0, 0.1) is 0 Å². The van der Waals surface area contributed by atoms with Crippen LogP contribution >= 0.6 is 24.8 Å². The maximum Gasteiger partial charge on any atom is 0.303 e. The fourth-order valence-corrected chi connectivity index (χ4v) is 3.15. The van der Waals surface area contributed by atoms with Gasteiger partial charge in [0.15, 0.2) is 0 Å². The van der Waals surface area contributed by atoms with Gasteiger partial charge in [-0.05, 0) is 19.3 Å². The zero-order valence-corrected chi connectivity index (χ0v) is 16.4. The topological polar surface area (TPSA) is 37.3 Å². The lowest BCUT2D eigenvalue weighted by Crippen LogP contribution is -1.93. The minimum absolute atomic E-state index is 0.336. The first-order valence-electron chi connectivity index (χ1n) is 9.56. The molecule has 2 nitrogen and oxygen atoms in total. The molecule has 0 aromatic carbocycles. The number of hydrogen-bond donors (Lipinski definition) is 2. The molecule has 0 aliphatic carbocycles. The van der Waals surface area contributed by atoms with Crippen LogP contribution in [0.5, 0.6) is 0 Å². The largest absolute Gasteiger partial charge is 0.481 e. The Morgan fingerprint density at radius 2 is 0.870 bits per heavy atom. The fraction of sp³-hybridized carbons (Fsp3) is 0.895. The molecule has 0 heterocycles. The lowest BCUT2D eigenvalue weighted by Gasteiger charge is -2.03. The van der Waals surface area contributed by atoms with Crippen LogP contribution in [0.2, 0.25) is 0 Å². The molecule has 0 radical (unpaired) electrons. The Morgan fingerprint density at radius 3 is 1.13 bits per heavy atom. The minimum Gasteiger partial charge on any atom is -0.481 e. The molecular formula is C19H36O2S2. The van der Waals surface area contributed by atoms with Crippen molar-refractivity contribution in [2.24, 2.45) is 0 Å². The third kappa shape index (κ3) is 21.9. The zero-order valence-electron chi connectivity index (χ0n) is 14.7. The maximum atomic E-state index is 10.4. The van der Waals surface area contributed by atoms with E-state index in [0.29, 0.717) is 6.42 Å². The molecule has 0 aliphatic heterocycles. The van der Waals surface area contributed by atoms with Gasteiger partial charge < -0.3 is 5.11 Å². The first-order valence-corrected chi connectivity index (χ1v) is 10.4. The molecule has 0 saturated carbocycles. The van der Waals surface area contributed by atoms with Gasteiger partial charge in [-0.3, -0.25) is 4.79 Å². The number of carbonyl (C=O) groups is 1. The molecule has 23 heavy (non-hydrogen) atoms. The van der Waals surface area contributed by atoms with E-state index in [1.807, 2.05) is 0 Å². The first kappa shape index (κ1) is 22.9. The van der Waals surface area contributed by atoms with Gasteiger partial charge in [-0.25, -0.2) is 0 Å². The SMILES string of the molecule is O=C(O)CCCCCCCCCCCCCCCCCC(=S)S. The number of carboxylic acids is 1. The molecule has 0 unspecified atom stereocenters. The van der Waals surface area contributed by atoms with Crippen molar-refractivity contribution in [2.45, 2.75) is 109 Å². The zero-order chi connectivity index (χ0) is 17.2. The molecule has 0 bridgehead atoms. The normalized spacial score (nSPS) is 10.8. The number of thiol groups is 1. The number of aliphatic carboxylic acids is 1. The van der Waals surface area contributed by atoms with Gasteiger partial charge in [0, 0.05) is 10.6 Å². The second-order valence-corrected chi connectivity index (χ2v) is 7.93. The van der Waals surface area contributed by atoms with E-state index in [1.54, 1.807) is 0 Å². The van der Waals surface area contributed by atoms with Crippen molar-refractivity contribution >= 4 is 35.0 Å². The quantitative estimate of drug-likeness (QED) is 0.158. The average Bonchev–Trinajstić information content (AvgIpc) is 2.49. The Bertz CT molecular complexity index is 265. The molecule has 0 amide bonds. The Balaban J connectivity index is 3.00. The van der Waals surface area contributed by atoms with Gasteiger partial charge in [0.05, 0.1) is 0 Å². The van der Waals surface area contributed by atoms with Crippen molar-refractivity contribution < 1.29 is 9.90 Å². The van der Waals surface area contributed by atoms with Crippen LogP contribution in [0.1, 0.15) is 109 Å². The molecular weight excluding hydrogens is 324 g/mol. The van der Waals surface area contributed by atoms with Gasteiger partial charge in [0.1, 0.15) is 0 Å². The van der Waals surface area contributed by atoms with Gasteiger partial charge in [-0.2, -0.15) is 0 Å². The summed E-state index contributed by atoms with van der Waals surface area (Å²) in [4.78, 5) is 10.4. The summed E-state index contributed by atoms with van der Waals surface area (Å²) in [7, 11) is 0. The monoisotopic (exact) mass is 360 g/mol. The molecule has 0 aliphatic rings. The van der Waals surface area contributed by atoms with Crippen molar-refractivity contribution in [2.75, 3.05) is 0 Å². The van der Waals surface area contributed by atoms with Gasteiger partial charge in [0.2, 0.25) is 0 Å². The highest BCUT2D eigenvalue weighted by molar-refractivity contribution is 8.11. The van der Waals surface area contributed by atoms with E-state index in [2.05, 4.69) is 12.6 Å². The van der Waals surface area contributed by atoms with E-state index < -0.39 is 5.97 Å². The molecule has 0 aromatic heterocycles. The highest BCUT2D eigenvalue weighted by atomic mass is 32.1. The van der Waals surface area contributed by atoms with Crippen LogP contribution in [-0.4, -0.2) is 15.3 Å². The van der Waals surface area contributed by atoms with Crippen molar-refractivity contribution in [3.05, 3.63) is 0 Å². The summed E-state index contributed by atoms with van der Waals surface area (Å²) in [6, 6.07) is 0. The van der Waals surface area contributed by atoms with Crippen molar-refractivity contribution in [1.82, 2.24) is 0 Å². The first-order chi connectivity index (χ1) is 11.1. The number of hydrogen-bond acceptors (Lipinski definition) is 2. The van der Waals surface area contributed by atoms with Crippen LogP contribution in [0.4, 0.5) is 0 Å². The molecule has 0 rings (SSSR count). The number of carboxylic acid groups (broad SMARTS) is 1. The van der Waals surface area contributed by atoms with Crippen LogP contribution < -0.4 is 0 Å². The van der Waals surface area contributed by atoms with E-state index >= 15 is 0 Å². The Hall–Kier alpha value is -0.0900. The number of unbranched alkanes of at least 4 members (excludes halogenated alkanes) is 14. The third-order valence-electron chi connectivity index (χ3n) is 4.28. The lowest BCUT2D eigenvalue weighted by molar-refractivity contribution is -0.137. The molecule has 0 atom stereocenters. The minimum atomic E-state index is -0.660. The smallest absolute Gasteiger partial charge is 0.303 e. The fourth-order valence-electron chi connectivity index (χ4n) is 2.85. The van der Waals surface area contributed by atoms with E-state index in [0.717, 1.165) is 23.5 Å². The summed E-state index contributed by atoms with van der Waals surface area (Å²) < 4.78 is 0.852. The third-order valence-corrected chi connectivity index (χ3v) is 4.71. The van der Waals surface area contributed by atoms with Crippen LogP contribution in [0.15, 0.2) is 0 Å². The van der Waals surface area contributed by atoms with Gasteiger partial charge in [-0.1, -0.05) is 95.7 Å². The highest BCUT2D eigenvalue weighted by Gasteiger charge is 1.97. The van der Waals surface area contributed by atoms with E-state index in [1.165, 1.54) is 83.5 Å². The molecule has 0 saturated heterocycles. The highest BCUT2D eigenvalue weighted by Crippen LogP contribution is 2.14. The Labute approximate surface area is 154 Å². The summed E-state index contributed by atoms with van der Waals surface area (Å²) in [6.07, 6.45) is 20.5. The number of rotatable bonds is 18. The molecule has 0 aromatic rings. The van der Waals surface area contributed by atoms with E-state index in [-0.39, 0.29) is 0 Å². The molecule has 0 fully saturated rings. The Morgan fingerprint density at radius 1 is 0.609 bits per heavy atom. The van der Waals surface area contributed by atoms with Gasteiger partial charge in [0.25, 0.3) is 0 Å². The second-order valence-electron chi connectivity index (χ2n) is 6.59. The standard InChI is InChI=1S/C19H36O2S2/c20-18(21)16-14-12-10-8-6-4-2-1-3-5-7-9-11-13-15-17-19(22)23/h1-17H2,(H,20,21)(H,22,23). The molecule has 136 valence electrons. The van der Waals surface area contributed by atoms with Crippen molar-refractivity contribution in [3.63, 3.8) is 0 Å². The predicted molar refractivity (Wildman–Crippen MR) is 108 cm³/mol. The maximum absolute atomic E-state index is 10.4. The Kier molecular flexibility index (Phi) is 18.2. The van der Waals surface area contributed by atoms with E-state index in [4.69, 9.17) is 17.3 Å². The van der Waals surface area contributed by atoms with Gasteiger partial charge in [-0.15, -0.1) is 12.6 Å². The molecule has 1 N–H and O–H groups in total. The predicted octanol–water partition coefficient (Wildman–Crippen LogP) is 6.96. The number of thiocarbonyl (C=S) groups is 1. The van der Waals surface area contributed by atoms with Crippen LogP contribution in [-0.2, 0) is 4.79 Å². The summed E-state index contributed by atoms with van der Waals surface area (Å²) in [6.45, 7) is 0. The summed E-state index contributed by atoms with van der Waals surface area (Å²) in [5, 5.41) is 8.54. The average molecular weight is 361 g/mol. The summed E-state index contributed by atoms with van der Waals surface area (Å²) in [5.74, 6) is -0.660. The molecule has 4 heteroatoms. The van der Waals surface area contributed by atoms with Crippen molar-refractivity contribution in [1.29, 1.82) is 0 Å². The lowest BCUT2D eigenvalue weighted by atomic mass is 10.0. The van der Waals surface area contributed by atoms with Crippen LogP contribution in [0.3, 0.4) is 0 Å². The summed E-state index contributed by atoms with van der Waals surface area (Å²) in [5.41, 5.74) is 0. The molecule has 0 spiro atoms. The van der Waals surface area contributed by atoms with Gasteiger partial charge >= 0.3 is 5.97 Å². The second kappa shape index (κ2) is 18.3. The van der Waals surface area contributed by atoms with E-state index in [9.17, 15) is 4.79 Å². The summed E-state index contributed by atoms with van der Waals surface area (Å²) >= 11 is 9.10. The van der Waals surface area contributed by atoms with Crippen molar-refractivity contribution in [3.8, 4) is 0 Å². The van der Waals surface area contributed by atoms with Crippen LogP contribution in [0.25, 0.3) is 0 Å².